The number of hydrogen-bond donors (Lipinski definition) is 3. The summed E-state index contributed by atoms with van der Waals surface area (Å²) in [6, 6.07) is 7.91. The number of benzene rings is 1. The molecular formula is C13H14N4O3S. The van der Waals surface area contributed by atoms with Crippen molar-refractivity contribution < 1.29 is 9.72 Å². The maximum Gasteiger partial charge on any atom is 0.282 e. The van der Waals surface area contributed by atoms with Crippen molar-refractivity contribution in [3.05, 3.63) is 55.8 Å². The van der Waals surface area contributed by atoms with E-state index in [2.05, 4.69) is 10.7 Å². The maximum atomic E-state index is 12.1. The van der Waals surface area contributed by atoms with Crippen molar-refractivity contribution >= 4 is 28.6 Å². The Bertz CT molecular complexity index is 684. The highest BCUT2D eigenvalue weighted by atomic mass is 32.1. The number of rotatable bonds is 5. The second-order valence-electron chi connectivity index (χ2n) is 4.33. The van der Waals surface area contributed by atoms with Crippen molar-refractivity contribution in [2.75, 3.05) is 5.43 Å². The molecule has 2 aromatic rings. The van der Waals surface area contributed by atoms with E-state index in [0.29, 0.717) is 12.2 Å². The number of anilines is 1. The summed E-state index contributed by atoms with van der Waals surface area (Å²) >= 11 is 1.56. The smallest absolute Gasteiger partial charge is 0.282 e. The molecule has 0 aliphatic carbocycles. The Hall–Kier alpha value is -2.45. The van der Waals surface area contributed by atoms with E-state index < -0.39 is 10.8 Å². The van der Waals surface area contributed by atoms with Gasteiger partial charge in [-0.1, -0.05) is 0 Å². The molecule has 0 bridgehead atoms. The van der Waals surface area contributed by atoms with Gasteiger partial charge in [-0.25, -0.2) is 0 Å². The third-order valence-electron chi connectivity index (χ3n) is 2.82. The predicted octanol–water partition coefficient (Wildman–Crippen LogP) is 2.18. The normalized spacial score (nSPS) is 10.2. The van der Waals surface area contributed by atoms with Gasteiger partial charge in [0, 0.05) is 21.5 Å². The van der Waals surface area contributed by atoms with Crippen LogP contribution in [0.3, 0.4) is 0 Å². The zero-order chi connectivity index (χ0) is 15.4. The molecule has 0 aliphatic rings. The molecule has 0 unspecified atom stereocenters. The maximum absolute atomic E-state index is 12.1. The van der Waals surface area contributed by atoms with E-state index in [0.717, 1.165) is 9.75 Å². The predicted molar refractivity (Wildman–Crippen MR) is 81.1 cm³/mol. The highest BCUT2D eigenvalue weighted by molar-refractivity contribution is 7.11. The van der Waals surface area contributed by atoms with Crippen LogP contribution in [0.15, 0.2) is 30.3 Å². The zero-order valence-corrected chi connectivity index (χ0v) is 12.1. The monoisotopic (exact) mass is 306 g/mol. The zero-order valence-electron chi connectivity index (χ0n) is 11.3. The Kier molecular flexibility index (Phi) is 4.51. The molecule has 21 heavy (non-hydrogen) atoms. The summed E-state index contributed by atoms with van der Waals surface area (Å²) in [5, 5.41) is 13.7. The lowest BCUT2D eigenvalue weighted by molar-refractivity contribution is -0.385. The Labute approximate surface area is 124 Å². The Balaban J connectivity index is 2.19. The average Bonchev–Trinajstić information content (AvgIpc) is 2.89. The van der Waals surface area contributed by atoms with Crippen molar-refractivity contribution in [1.82, 2.24) is 5.32 Å². The summed E-state index contributed by atoms with van der Waals surface area (Å²) in [7, 11) is 0. The number of nitrogen functional groups attached to an aromatic ring is 1. The van der Waals surface area contributed by atoms with Crippen molar-refractivity contribution in [2.24, 2.45) is 5.84 Å². The molecule has 0 atom stereocenters. The average molecular weight is 306 g/mol. The van der Waals surface area contributed by atoms with Gasteiger partial charge in [-0.15, -0.1) is 11.3 Å². The largest absolute Gasteiger partial charge is 0.347 e. The van der Waals surface area contributed by atoms with Crippen LogP contribution in [0.5, 0.6) is 0 Å². The van der Waals surface area contributed by atoms with E-state index >= 15 is 0 Å². The molecule has 0 saturated carbocycles. The van der Waals surface area contributed by atoms with Gasteiger partial charge in [0.2, 0.25) is 0 Å². The molecule has 4 N–H and O–H groups in total. The fraction of sp³-hybridized carbons (Fsp3) is 0.154. The summed E-state index contributed by atoms with van der Waals surface area (Å²) in [5.41, 5.74) is 2.51. The Morgan fingerprint density at radius 1 is 1.38 bits per heavy atom. The number of nitro groups is 1. The molecule has 1 amide bonds. The molecule has 1 aromatic carbocycles. The van der Waals surface area contributed by atoms with Gasteiger partial charge in [-0.3, -0.25) is 20.8 Å². The van der Waals surface area contributed by atoms with Crippen LogP contribution < -0.4 is 16.6 Å². The number of hydrogen-bond acceptors (Lipinski definition) is 6. The number of nitrogens with two attached hydrogens (primary N) is 1. The van der Waals surface area contributed by atoms with Crippen LogP contribution >= 0.6 is 11.3 Å². The van der Waals surface area contributed by atoms with Crippen molar-refractivity contribution in [2.45, 2.75) is 13.5 Å². The second-order valence-corrected chi connectivity index (χ2v) is 5.70. The van der Waals surface area contributed by atoms with Crippen LogP contribution in [0.1, 0.15) is 20.1 Å². The fourth-order valence-corrected chi connectivity index (χ4v) is 2.64. The van der Waals surface area contributed by atoms with Gasteiger partial charge in [-0.2, -0.15) is 0 Å². The number of hydrazine groups is 1. The lowest BCUT2D eigenvalue weighted by Gasteiger charge is -2.07. The quantitative estimate of drug-likeness (QED) is 0.445. The molecule has 2 rings (SSSR count). The first-order valence-electron chi connectivity index (χ1n) is 6.10. The minimum Gasteiger partial charge on any atom is -0.347 e. The van der Waals surface area contributed by atoms with Crippen LogP contribution in [0.2, 0.25) is 0 Å². The number of carbonyl (C=O) groups is 1. The Morgan fingerprint density at radius 2 is 2.14 bits per heavy atom. The summed E-state index contributed by atoms with van der Waals surface area (Å²) in [4.78, 5) is 24.6. The van der Waals surface area contributed by atoms with E-state index in [9.17, 15) is 14.9 Å². The minimum atomic E-state index is -0.593. The van der Waals surface area contributed by atoms with E-state index in [1.807, 2.05) is 19.1 Å². The molecule has 0 spiro atoms. The number of nitrogens with zero attached hydrogens (tertiary/aromatic N) is 1. The first-order chi connectivity index (χ1) is 10.0. The molecule has 0 fully saturated rings. The Morgan fingerprint density at radius 3 is 2.71 bits per heavy atom. The summed E-state index contributed by atoms with van der Waals surface area (Å²) < 4.78 is 0. The molecule has 0 aliphatic heterocycles. The fourth-order valence-electron chi connectivity index (χ4n) is 1.81. The first-order valence-corrected chi connectivity index (χ1v) is 6.91. The highest BCUT2D eigenvalue weighted by Gasteiger charge is 2.20. The van der Waals surface area contributed by atoms with Gasteiger partial charge in [-0.05, 0) is 31.2 Å². The van der Waals surface area contributed by atoms with Crippen molar-refractivity contribution in [3.8, 4) is 0 Å². The van der Waals surface area contributed by atoms with Gasteiger partial charge in [0.05, 0.1) is 11.5 Å². The summed E-state index contributed by atoms with van der Waals surface area (Å²) in [6.45, 7) is 2.30. The second kappa shape index (κ2) is 6.33. The van der Waals surface area contributed by atoms with E-state index in [-0.39, 0.29) is 11.3 Å². The van der Waals surface area contributed by atoms with Crippen LogP contribution in [-0.4, -0.2) is 10.8 Å². The standard InChI is InChI=1S/C13H14N4O3S/c1-8-2-4-10(21-8)7-15-13(18)11-6-9(16-14)3-5-12(11)17(19)20/h2-6,16H,7,14H2,1H3,(H,15,18). The number of amides is 1. The van der Waals surface area contributed by atoms with Gasteiger partial charge in [0.1, 0.15) is 5.56 Å². The van der Waals surface area contributed by atoms with E-state index in [1.165, 1.54) is 18.2 Å². The molecule has 8 heteroatoms. The molecule has 0 radical (unpaired) electrons. The van der Waals surface area contributed by atoms with Crippen LogP contribution in [0.4, 0.5) is 11.4 Å². The van der Waals surface area contributed by atoms with Gasteiger partial charge in [0.25, 0.3) is 11.6 Å². The van der Waals surface area contributed by atoms with Crippen LogP contribution in [-0.2, 0) is 6.54 Å². The number of thiophene rings is 1. The third-order valence-corrected chi connectivity index (χ3v) is 3.82. The van der Waals surface area contributed by atoms with Crippen LogP contribution in [0, 0.1) is 17.0 Å². The number of aryl methyl sites for hydroxylation is 1. The minimum absolute atomic E-state index is 0.0243. The molecule has 7 nitrogen and oxygen atoms in total. The molecule has 0 saturated heterocycles. The highest BCUT2D eigenvalue weighted by Crippen LogP contribution is 2.22. The first kappa shape index (κ1) is 14.9. The van der Waals surface area contributed by atoms with Crippen molar-refractivity contribution in [3.63, 3.8) is 0 Å². The number of nitrogens with one attached hydrogen (secondary N) is 2. The SMILES string of the molecule is Cc1ccc(CNC(=O)c2cc(NN)ccc2[N+](=O)[O-])s1. The van der Waals surface area contributed by atoms with E-state index in [1.54, 1.807) is 11.3 Å². The summed E-state index contributed by atoms with van der Waals surface area (Å²) in [6.07, 6.45) is 0. The third kappa shape index (κ3) is 3.56. The van der Waals surface area contributed by atoms with Crippen LogP contribution in [0.25, 0.3) is 0 Å². The number of nitro benzene ring substituents is 1. The lowest BCUT2D eigenvalue weighted by Crippen LogP contribution is -2.23. The van der Waals surface area contributed by atoms with Gasteiger partial charge in [0.15, 0.2) is 0 Å². The molecule has 1 aromatic heterocycles. The van der Waals surface area contributed by atoms with E-state index in [4.69, 9.17) is 5.84 Å². The lowest BCUT2D eigenvalue weighted by atomic mass is 10.1. The molecule has 110 valence electrons. The van der Waals surface area contributed by atoms with Crippen molar-refractivity contribution in [1.29, 1.82) is 0 Å². The summed E-state index contributed by atoms with van der Waals surface area (Å²) in [5.74, 6) is 4.75. The van der Waals surface area contributed by atoms with Gasteiger partial charge < -0.3 is 10.7 Å². The number of carbonyl (C=O) groups excluding carboxylic acids is 1. The molecular weight excluding hydrogens is 292 g/mol. The topological polar surface area (TPSA) is 110 Å². The molecule has 1 heterocycles. The van der Waals surface area contributed by atoms with Gasteiger partial charge >= 0.3 is 0 Å².